The molecule has 8 nitrogen and oxygen atoms in total. The van der Waals surface area contributed by atoms with E-state index in [4.69, 9.17) is 14.2 Å². The second kappa shape index (κ2) is 10.7. The number of sulfonamides is 1. The topological polar surface area (TPSA) is 103 Å². The lowest BCUT2D eigenvalue weighted by Crippen LogP contribution is -2.38. The molecule has 2 aromatic carbocycles. The Morgan fingerprint density at radius 1 is 1.00 bits per heavy atom. The predicted octanol–water partition coefficient (Wildman–Crippen LogP) is 2.42. The standard InChI is InChI=1S/C20H26N2O6S/c1-4-27-17-7-5-16(6-8-17)22-29(24,25)19-11-9-18(10-12-19)28-14-20(23)21-15(2)13-26-3/h5-12,15,22H,4,13-14H2,1-3H3,(H,21,23)/t15-/m1/s1. The first-order valence-electron chi connectivity index (χ1n) is 9.11. The lowest BCUT2D eigenvalue weighted by molar-refractivity contribution is -0.124. The molecule has 2 rings (SSSR count). The minimum absolute atomic E-state index is 0.0805. The lowest BCUT2D eigenvalue weighted by atomic mass is 10.3. The molecule has 0 bridgehead atoms. The van der Waals surface area contributed by atoms with Crippen molar-refractivity contribution < 1.29 is 27.4 Å². The molecule has 0 aliphatic rings. The maximum absolute atomic E-state index is 12.5. The second-order valence-corrected chi connectivity index (χ2v) is 7.93. The molecular weight excluding hydrogens is 396 g/mol. The number of hydrogen-bond acceptors (Lipinski definition) is 6. The lowest BCUT2D eigenvalue weighted by Gasteiger charge is -2.13. The molecule has 0 aliphatic heterocycles. The van der Waals surface area contributed by atoms with Crippen LogP contribution >= 0.6 is 0 Å². The highest BCUT2D eigenvalue weighted by molar-refractivity contribution is 7.92. The molecule has 0 unspecified atom stereocenters. The Kier molecular flexibility index (Phi) is 8.29. The van der Waals surface area contributed by atoms with Crippen LogP contribution in [0.4, 0.5) is 5.69 Å². The molecule has 0 saturated heterocycles. The minimum Gasteiger partial charge on any atom is -0.494 e. The van der Waals surface area contributed by atoms with Crippen molar-refractivity contribution in [2.75, 3.05) is 31.7 Å². The van der Waals surface area contributed by atoms with Crippen LogP contribution in [0.5, 0.6) is 11.5 Å². The smallest absolute Gasteiger partial charge is 0.261 e. The Balaban J connectivity index is 1.93. The van der Waals surface area contributed by atoms with Gasteiger partial charge >= 0.3 is 0 Å². The number of rotatable bonds is 11. The largest absolute Gasteiger partial charge is 0.494 e. The predicted molar refractivity (Wildman–Crippen MR) is 110 cm³/mol. The summed E-state index contributed by atoms with van der Waals surface area (Å²) >= 11 is 0. The van der Waals surface area contributed by atoms with Crippen molar-refractivity contribution in [1.29, 1.82) is 0 Å². The van der Waals surface area contributed by atoms with E-state index in [1.54, 1.807) is 31.4 Å². The third-order valence-electron chi connectivity index (χ3n) is 3.75. The van der Waals surface area contributed by atoms with Crippen molar-refractivity contribution in [3.05, 3.63) is 48.5 Å². The number of amides is 1. The zero-order valence-electron chi connectivity index (χ0n) is 16.7. The number of methoxy groups -OCH3 is 1. The molecule has 2 N–H and O–H groups in total. The number of carbonyl (C=O) groups excluding carboxylic acids is 1. The van der Waals surface area contributed by atoms with Crippen LogP contribution in [-0.4, -0.2) is 47.3 Å². The SMILES string of the molecule is CCOc1ccc(NS(=O)(=O)c2ccc(OCC(=O)N[C@H](C)COC)cc2)cc1. The van der Waals surface area contributed by atoms with E-state index in [-0.39, 0.29) is 23.5 Å². The summed E-state index contributed by atoms with van der Waals surface area (Å²) < 4.78 is 43.2. The van der Waals surface area contributed by atoms with Gasteiger partial charge in [0.1, 0.15) is 11.5 Å². The molecule has 158 valence electrons. The van der Waals surface area contributed by atoms with Crippen LogP contribution < -0.4 is 19.5 Å². The molecule has 1 amide bonds. The van der Waals surface area contributed by atoms with Gasteiger partial charge in [-0.15, -0.1) is 0 Å². The molecule has 1 atom stereocenters. The van der Waals surface area contributed by atoms with Crippen LogP contribution in [0, 0.1) is 0 Å². The first-order chi connectivity index (χ1) is 13.8. The minimum atomic E-state index is -3.75. The molecule has 0 aliphatic carbocycles. The van der Waals surface area contributed by atoms with Gasteiger partial charge in [-0.25, -0.2) is 8.42 Å². The average Bonchev–Trinajstić information content (AvgIpc) is 2.68. The summed E-state index contributed by atoms with van der Waals surface area (Å²) in [4.78, 5) is 11.9. The van der Waals surface area contributed by atoms with Crippen LogP contribution in [0.1, 0.15) is 13.8 Å². The van der Waals surface area contributed by atoms with E-state index in [1.807, 2.05) is 13.8 Å². The first kappa shape index (κ1) is 22.5. The third-order valence-corrected chi connectivity index (χ3v) is 5.14. The fraction of sp³-hybridized carbons (Fsp3) is 0.350. The van der Waals surface area contributed by atoms with E-state index in [0.29, 0.717) is 30.4 Å². The number of carbonyl (C=O) groups is 1. The van der Waals surface area contributed by atoms with Gasteiger partial charge in [0.15, 0.2) is 6.61 Å². The van der Waals surface area contributed by atoms with Gasteiger partial charge in [-0.05, 0) is 62.4 Å². The number of nitrogens with one attached hydrogen (secondary N) is 2. The van der Waals surface area contributed by atoms with E-state index < -0.39 is 10.0 Å². The molecule has 0 fully saturated rings. The zero-order chi connectivity index (χ0) is 21.3. The van der Waals surface area contributed by atoms with E-state index in [0.717, 1.165) is 0 Å². The third kappa shape index (κ3) is 7.28. The van der Waals surface area contributed by atoms with E-state index >= 15 is 0 Å². The maximum atomic E-state index is 12.5. The monoisotopic (exact) mass is 422 g/mol. The average molecular weight is 423 g/mol. The van der Waals surface area contributed by atoms with Crippen LogP contribution in [0.3, 0.4) is 0 Å². The van der Waals surface area contributed by atoms with Gasteiger partial charge in [0, 0.05) is 18.8 Å². The van der Waals surface area contributed by atoms with E-state index in [1.165, 1.54) is 24.3 Å². The van der Waals surface area contributed by atoms with Crippen molar-refractivity contribution in [1.82, 2.24) is 5.32 Å². The van der Waals surface area contributed by atoms with Crippen LogP contribution in [0.2, 0.25) is 0 Å². The summed E-state index contributed by atoms with van der Waals surface area (Å²) in [6, 6.07) is 12.3. The van der Waals surface area contributed by atoms with Crippen LogP contribution in [0.15, 0.2) is 53.4 Å². The Morgan fingerprint density at radius 2 is 1.59 bits per heavy atom. The molecule has 0 saturated carbocycles. The number of benzene rings is 2. The van der Waals surface area contributed by atoms with E-state index in [2.05, 4.69) is 10.0 Å². The van der Waals surface area contributed by atoms with Crippen molar-refractivity contribution in [2.45, 2.75) is 24.8 Å². The van der Waals surface area contributed by atoms with Gasteiger partial charge in [-0.2, -0.15) is 0 Å². The van der Waals surface area contributed by atoms with E-state index in [9.17, 15) is 13.2 Å². The summed E-state index contributed by atoms with van der Waals surface area (Å²) in [6.07, 6.45) is 0. The fourth-order valence-electron chi connectivity index (χ4n) is 2.47. The van der Waals surface area contributed by atoms with Gasteiger partial charge in [-0.3, -0.25) is 9.52 Å². The van der Waals surface area contributed by atoms with Gasteiger partial charge < -0.3 is 19.5 Å². The number of ether oxygens (including phenoxy) is 3. The van der Waals surface area contributed by atoms with Crippen molar-refractivity contribution >= 4 is 21.6 Å². The molecule has 0 heterocycles. The first-order valence-corrected chi connectivity index (χ1v) is 10.6. The maximum Gasteiger partial charge on any atom is 0.261 e. The highest BCUT2D eigenvalue weighted by Crippen LogP contribution is 2.21. The molecule has 2 aromatic rings. The van der Waals surface area contributed by atoms with Crippen LogP contribution in [-0.2, 0) is 19.6 Å². The second-order valence-electron chi connectivity index (χ2n) is 6.25. The highest BCUT2D eigenvalue weighted by atomic mass is 32.2. The summed E-state index contributed by atoms with van der Waals surface area (Å²) in [5.74, 6) is 0.764. The summed E-state index contributed by atoms with van der Waals surface area (Å²) in [5, 5.41) is 2.72. The quantitative estimate of drug-likeness (QED) is 0.577. The Hall–Kier alpha value is -2.78. The zero-order valence-corrected chi connectivity index (χ0v) is 17.5. The number of hydrogen-bond donors (Lipinski definition) is 2. The molecular formula is C20H26N2O6S. The molecule has 0 radical (unpaired) electrons. The van der Waals surface area contributed by atoms with Crippen LogP contribution in [0.25, 0.3) is 0 Å². The summed E-state index contributed by atoms with van der Waals surface area (Å²) in [7, 11) is -2.19. The molecule has 9 heteroatoms. The normalized spacial score (nSPS) is 12.1. The van der Waals surface area contributed by atoms with Gasteiger partial charge in [-0.1, -0.05) is 0 Å². The highest BCUT2D eigenvalue weighted by Gasteiger charge is 2.15. The molecule has 0 spiro atoms. The van der Waals surface area contributed by atoms with Crippen molar-refractivity contribution in [2.24, 2.45) is 0 Å². The Labute approximate surface area is 171 Å². The Morgan fingerprint density at radius 3 is 2.17 bits per heavy atom. The Bertz CT molecular complexity index is 882. The fourth-order valence-corrected chi connectivity index (χ4v) is 3.53. The molecule has 29 heavy (non-hydrogen) atoms. The van der Waals surface area contributed by atoms with Crippen molar-refractivity contribution in [3.63, 3.8) is 0 Å². The van der Waals surface area contributed by atoms with Gasteiger partial charge in [0.2, 0.25) is 0 Å². The molecule has 0 aromatic heterocycles. The van der Waals surface area contributed by atoms with Crippen molar-refractivity contribution in [3.8, 4) is 11.5 Å². The summed E-state index contributed by atoms with van der Waals surface area (Å²) in [5.41, 5.74) is 0.427. The number of anilines is 1. The van der Waals surface area contributed by atoms with Gasteiger partial charge in [0.05, 0.1) is 18.1 Å². The summed E-state index contributed by atoms with van der Waals surface area (Å²) in [6.45, 7) is 4.45. The van der Waals surface area contributed by atoms with Gasteiger partial charge in [0.25, 0.3) is 15.9 Å².